The van der Waals surface area contributed by atoms with Gasteiger partial charge in [0.1, 0.15) is 11.6 Å². The third kappa shape index (κ3) is 6.30. The average Bonchev–Trinajstić information content (AvgIpc) is 3.18. The van der Waals surface area contributed by atoms with Gasteiger partial charge in [0.05, 0.1) is 24.5 Å². The first-order valence-electron chi connectivity index (χ1n) is 12.4. The van der Waals surface area contributed by atoms with Gasteiger partial charge in [-0.1, -0.05) is 24.3 Å². The van der Waals surface area contributed by atoms with Gasteiger partial charge in [-0.05, 0) is 61.7 Å². The maximum Gasteiger partial charge on any atom is 0.573 e. The van der Waals surface area contributed by atoms with Crippen LogP contribution in [0.5, 0.6) is 5.75 Å². The Bertz CT molecular complexity index is 1350. The summed E-state index contributed by atoms with van der Waals surface area (Å²) in [5, 5.41) is 9.96. The zero-order valence-corrected chi connectivity index (χ0v) is 21.7. The molecule has 1 saturated heterocycles. The molecule has 39 heavy (non-hydrogen) atoms. The number of carboxylic acid groups (broad SMARTS) is 1. The summed E-state index contributed by atoms with van der Waals surface area (Å²) in [4.78, 5) is 28.1. The van der Waals surface area contributed by atoms with Crippen LogP contribution >= 0.6 is 12.4 Å². The third-order valence-electron chi connectivity index (χ3n) is 7.37. The summed E-state index contributed by atoms with van der Waals surface area (Å²) in [6.07, 6.45) is -3.23. The van der Waals surface area contributed by atoms with E-state index in [1.165, 1.54) is 30.3 Å². The maximum atomic E-state index is 15.0. The predicted octanol–water partition coefficient (Wildman–Crippen LogP) is 4.83. The minimum absolute atomic E-state index is 0. The normalized spacial score (nSPS) is 16.6. The number of aromatic nitrogens is 1. The van der Waals surface area contributed by atoms with Gasteiger partial charge < -0.3 is 19.3 Å². The van der Waals surface area contributed by atoms with Crippen LogP contribution in [-0.2, 0) is 29.1 Å². The minimum atomic E-state index is -4.79. The van der Waals surface area contributed by atoms with Gasteiger partial charge in [-0.25, -0.2) is 4.39 Å². The molecule has 0 bridgehead atoms. The van der Waals surface area contributed by atoms with Gasteiger partial charge in [0.2, 0.25) is 5.91 Å². The van der Waals surface area contributed by atoms with Gasteiger partial charge in [-0.15, -0.1) is 25.6 Å². The van der Waals surface area contributed by atoms with Crippen molar-refractivity contribution in [2.75, 3.05) is 26.2 Å². The molecule has 0 aliphatic carbocycles. The second-order valence-electron chi connectivity index (χ2n) is 9.79. The number of para-hydroxylation sites is 1. The molecule has 0 atom stereocenters. The molecule has 3 aromatic rings. The number of carbonyl (C=O) groups excluding carboxylic acids is 1. The summed E-state index contributed by atoms with van der Waals surface area (Å²) >= 11 is 0. The number of aliphatic carboxylic acids is 1. The van der Waals surface area contributed by atoms with E-state index in [0.29, 0.717) is 50.0 Å². The molecule has 2 aliphatic heterocycles. The van der Waals surface area contributed by atoms with Gasteiger partial charge >= 0.3 is 12.3 Å². The predicted molar refractivity (Wildman–Crippen MR) is 137 cm³/mol. The Morgan fingerprint density at radius 1 is 1.03 bits per heavy atom. The molecule has 1 N–H and O–H groups in total. The van der Waals surface area contributed by atoms with Gasteiger partial charge in [-0.3, -0.25) is 14.5 Å². The zero-order valence-electron chi connectivity index (χ0n) is 20.9. The van der Waals surface area contributed by atoms with Gasteiger partial charge in [0.15, 0.2) is 0 Å². The fraction of sp³-hybridized carbons (Fsp3) is 0.407. The summed E-state index contributed by atoms with van der Waals surface area (Å²) in [5.74, 6) is -2.00. The highest BCUT2D eigenvalue weighted by atomic mass is 35.5. The molecule has 0 spiro atoms. The van der Waals surface area contributed by atoms with Crippen LogP contribution in [0.1, 0.15) is 29.7 Å². The largest absolute Gasteiger partial charge is 0.573 e. The van der Waals surface area contributed by atoms with Crippen LogP contribution in [0.4, 0.5) is 17.6 Å². The number of ether oxygens (including phenoxy) is 1. The molecule has 0 saturated carbocycles. The first kappa shape index (κ1) is 28.7. The Kier molecular flexibility index (Phi) is 8.41. The molecule has 2 aromatic carbocycles. The van der Waals surface area contributed by atoms with Crippen molar-refractivity contribution in [3.63, 3.8) is 0 Å². The van der Waals surface area contributed by atoms with Crippen LogP contribution in [0.15, 0.2) is 42.5 Å². The highest BCUT2D eigenvalue weighted by Crippen LogP contribution is 2.33. The molecule has 0 unspecified atom stereocenters. The summed E-state index contributed by atoms with van der Waals surface area (Å²) in [6.45, 7) is 2.25. The van der Waals surface area contributed by atoms with E-state index in [1.54, 1.807) is 15.5 Å². The van der Waals surface area contributed by atoms with Gasteiger partial charge in [0, 0.05) is 24.2 Å². The van der Waals surface area contributed by atoms with E-state index in [2.05, 4.69) is 4.74 Å². The molecular weight excluding hydrogens is 542 g/mol. The fourth-order valence-corrected chi connectivity index (χ4v) is 5.45. The van der Waals surface area contributed by atoms with Crippen LogP contribution in [0, 0.1) is 11.7 Å². The lowest BCUT2D eigenvalue weighted by molar-refractivity contribution is -0.274. The number of rotatable bonds is 6. The second-order valence-corrected chi connectivity index (χ2v) is 9.79. The Morgan fingerprint density at radius 3 is 2.36 bits per heavy atom. The van der Waals surface area contributed by atoms with E-state index in [-0.39, 0.29) is 49.6 Å². The van der Waals surface area contributed by atoms with Crippen LogP contribution in [0.3, 0.4) is 0 Å². The first-order valence-corrected chi connectivity index (χ1v) is 12.4. The summed E-state index contributed by atoms with van der Waals surface area (Å²) in [5.41, 5.74) is 2.82. The molecule has 12 heteroatoms. The number of carbonyl (C=O) groups is 2. The van der Waals surface area contributed by atoms with Crippen molar-refractivity contribution in [3.8, 4) is 5.75 Å². The quantitative estimate of drug-likeness (QED) is 0.431. The topological polar surface area (TPSA) is 75.0 Å². The SMILES string of the molecule is Cl.O=C(O)C1CCN(CC(=O)N2CCc3c(n(Cc4ccc(OC(F)(F)F)cc4)c4c(F)cccc34)C2)CC1. The Labute approximate surface area is 228 Å². The number of amides is 1. The molecule has 5 rings (SSSR count). The van der Waals surface area contributed by atoms with Crippen LogP contribution in [0.2, 0.25) is 0 Å². The molecule has 210 valence electrons. The highest BCUT2D eigenvalue weighted by molar-refractivity contribution is 5.87. The van der Waals surface area contributed by atoms with Gasteiger partial charge in [-0.2, -0.15) is 0 Å². The van der Waals surface area contributed by atoms with E-state index in [4.69, 9.17) is 0 Å². The lowest BCUT2D eigenvalue weighted by Gasteiger charge is -2.33. The number of fused-ring (bicyclic) bond motifs is 3. The summed E-state index contributed by atoms with van der Waals surface area (Å²) in [7, 11) is 0. The second kappa shape index (κ2) is 11.4. The Morgan fingerprint density at radius 2 is 1.72 bits per heavy atom. The van der Waals surface area contributed by atoms with Crippen molar-refractivity contribution in [2.24, 2.45) is 5.92 Å². The van der Waals surface area contributed by atoms with Crippen molar-refractivity contribution in [1.82, 2.24) is 14.4 Å². The monoisotopic (exact) mass is 569 g/mol. The standard InChI is InChI=1S/C27H27F4N3O4.ClH/c28-22-3-1-2-21-20-10-13-33(24(35)16-32-11-8-18(9-12-32)26(36)37)15-23(20)34(25(21)22)14-17-4-6-19(7-5-17)38-27(29,30)31;/h1-7,18H,8-16H2,(H,36,37);1H. The van der Waals surface area contributed by atoms with Crippen LogP contribution < -0.4 is 4.74 Å². The number of likely N-dealkylation sites (tertiary alicyclic amines) is 1. The number of benzene rings is 2. The number of halogens is 5. The number of nitrogens with zero attached hydrogens (tertiary/aromatic N) is 3. The zero-order chi connectivity index (χ0) is 27.0. The lowest BCUT2D eigenvalue weighted by Crippen LogP contribution is -2.45. The van der Waals surface area contributed by atoms with Crippen molar-refractivity contribution in [3.05, 3.63) is 65.1 Å². The van der Waals surface area contributed by atoms with E-state index in [9.17, 15) is 27.9 Å². The van der Waals surface area contributed by atoms with Gasteiger partial charge in [0.25, 0.3) is 0 Å². The van der Waals surface area contributed by atoms with Crippen LogP contribution in [-0.4, -0.2) is 63.9 Å². The number of hydrogen-bond donors (Lipinski definition) is 1. The van der Waals surface area contributed by atoms with E-state index in [1.807, 2.05) is 11.0 Å². The maximum absolute atomic E-state index is 15.0. The van der Waals surface area contributed by atoms with Crippen molar-refractivity contribution in [2.45, 2.75) is 38.7 Å². The molecular formula is C27H28ClF4N3O4. The number of carboxylic acids is 1. The molecule has 0 radical (unpaired) electrons. The van der Waals surface area contributed by atoms with E-state index >= 15 is 4.39 Å². The number of piperidine rings is 1. The minimum Gasteiger partial charge on any atom is -0.481 e. The Hall–Kier alpha value is -3.31. The van der Waals surface area contributed by atoms with Crippen molar-refractivity contribution < 1.29 is 37.0 Å². The third-order valence-corrected chi connectivity index (χ3v) is 7.37. The van der Waals surface area contributed by atoms with E-state index < -0.39 is 18.1 Å². The van der Waals surface area contributed by atoms with Crippen molar-refractivity contribution in [1.29, 1.82) is 0 Å². The molecule has 7 nitrogen and oxygen atoms in total. The Balaban J connectivity index is 0.00000353. The average molecular weight is 570 g/mol. The fourth-order valence-electron chi connectivity index (χ4n) is 5.45. The highest BCUT2D eigenvalue weighted by Gasteiger charge is 2.32. The smallest absolute Gasteiger partial charge is 0.481 e. The molecule has 3 heterocycles. The summed E-state index contributed by atoms with van der Waals surface area (Å²) < 4.78 is 58.4. The number of alkyl halides is 3. The molecule has 1 amide bonds. The van der Waals surface area contributed by atoms with E-state index in [0.717, 1.165) is 16.6 Å². The first-order chi connectivity index (χ1) is 18.1. The number of hydrogen-bond acceptors (Lipinski definition) is 4. The van der Waals surface area contributed by atoms with Crippen LogP contribution in [0.25, 0.3) is 10.9 Å². The van der Waals surface area contributed by atoms with Crippen molar-refractivity contribution >= 4 is 35.2 Å². The molecule has 1 aromatic heterocycles. The summed E-state index contributed by atoms with van der Waals surface area (Å²) in [6, 6.07) is 10.3. The lowest BCUT2D eigenvalue weighted by atomic mass is 9.97. The molecule has 2 aliphatic rings. The molecule has 1 fully saturated rings.